The molecule has 29 heavy (non-hydrogen) atoms. The van der Waals surface area contributed by atoms with Gasteiger partial charge in [-0.15, -0.1) is 0 Å². The van der Waals surface area contributed by atoms with Crippen molar-refractivity contribution in [2.75, 3.05) is 29.9 Å². The van der Waals surface area contributed by atoms with Gasteiger partial charge in [-0.25, -0.2) is 0 Å². The highest BCUT2D eigenvalue weighted by Crippen LogP contribution is 2.44. The zero-order valence-corrected chi connectivity index (χ0v) is 16.6. The molecule has 5 heteroatoms. The Morgan fingerprint density at radius 3 is 2.76 bits per heavy atom. The van der Waals surface area contributed by atoms with Crippen molar-refractivity contribution in [3.63, 3.8) is 0 Å². The zero-order chi connectivity index (χ0) is 19.8. The maximum absolute atomic E-state index is 13.1. The van der Waals surface area contributed by atoms with Crippen LogP contribution in [0.25, 0.3) is 0 Å². The van der Waals surface area contributed by atoms with Crippen LogP contribution in [0.2, 0.25) is 0 Å². The van der Waals surface area contributed by atoms with Crippen LogP contribution in [0.5, 0.6) is 0 Å². The van der Waals surface area contributed by atoms with E-state index in [1.54, 1.807) is 0 Å². The highest BCUT2D eigenvalue weighted by molar-refractivity contribution is 6.07. The Bertz CT molecular complexity index is 939. The molecule has 2 heterocycles. The van der Waals surface area contributed by atoms with E-state index in [2.05, 4.69) is 16.7 Å². The Morgan fingerprint density at radius 1 is 1.07 bits per heavy atom. The number of nitrogens with one attached hydrogen (secondary N) is 2. The molecule has 2 aromatic rings. The molecular formula is C24H27N3O2. The molecule has 150 valence electrons. The molecule has 3 aliphatic rings. The van der Waals surface area contributed by atoms with Crippen molar-refractivity contribution in [1.82, 2.24) is 5.32 Å². The highest BCUT2D eigenvalue weighted by Gasteiger charge is 2.49. The number of amides is 2. The summed E-state index contributed by atoms with van der Waals surface area (Å²) in [6.07, 6.45) is 5.33. The van der Waals surface area contributed by atoms with Crippen molar-refractivity contribution >= 4 is 23.2 Å². The van der Waals surface area contributed by atoms with Crippen LogP contribution in [0.3, 0.4) is 0 Å². The minimum absolute atomic E-state index is 0.0127. The summed E-state index contributed by atoms with van der Waals surface area (Å²) in [7, 11) is 0. The van der Waals surface area contributed by atoms with Crippen molar-refractivity contribution in [3.05, 3.63) is 59.7 Å². The van der Waals surface area contributed by atoms with E-state index in [1.807, 2.05) is 47.4 Å². The fourth-order valence-electron chi connectivity index (χ4n) is 5.35. The van der Waals surface area contributed by atoms with Gasteiger partial charge >= 0.3 is 0 Å². The predicted molar refractivity (Wildman–Crippen MR) is 114 cm³/mol. The topological polar surface area (TPSA) is 61.4 Å². The predicted octanol–water partition coefficient (Wildman–Crippen LogP) is 3.61. The zero-order valence-electron chi connectivity index (χ0n) is 16.6. The van der Waals surface area contributed by atoms with Crippen LogP contribution in [0.15, 0.2) is 48.5 Å². The number of hydrogen-bond acceptors (Lipinski definition) is 3. The van der Waals surface area contributed by atoms with Gasteiger partial charge in [0.2, 0.25) is 5.91 Å². The summed E-state index contributed by atoms with van der Waals surface area (Å²) >= 11 is 0. The second kappa shape index (κ2) is 7.30. The molecule has 0 aromatic heterocycles. The Kier molecular flexibility index (Phi) is 4.63. The first-order valence-corrected chi connectivity index (χ1v) is 10.7. The van der Waals surface area contributed by atoms with Gasteiger partial charge in [-0.1, -0.05) is 31.0 Å². The standard InChI is InChI=1S/C24H27N3O2/c28-22(27-14-12-17-5-1-2-7-21(17)27)18-8-10-20(11-9-18)26-23(29)24-13-4-3-6-19(24)15-25-16-24/h1-2,5,7-11,19,25H,3-4,6,12-16H2,(H,26,29)/t19-,24+/m0/s1. The van der Waals surface area contributed by atoms with Crippen LogP contribution in [-0.4, -0.2) is 31.4 Å². The van der Waals surface area contributed by atoms with E-state index in [-0.39, 0.29) is 17.2 Å². The molecule has 5 rings (SSSR count). The van der Waals surface area contributed by atoms with E-state index >= 15 is 0 Å². The Hall–Kier alpha value is -2.66. The third-order valence-electron chi connectivity index (χ3n) is 7.01. The van der Waals surface area contributed by atoms with Crippen molar-refractivity contribution < 1.29 is 9.59 Å². The number of rotatable bonds is 3. The molecule has 2 aromatic carbocycles. The molecule has 1 saturated heterocycles. The molecular weight excluding hydrogens is 362 g/mol. The molecule has 2 amide bonds. The Balaban J connectivity index is 1.30. The van der Waals surface area contributed by atoms with E-state index in [0.717, 1.165) is 50.1 Å². The first-order valence-electron chi connectivity index (χ1n) is 10.7. The van der Waals surface area contributed by atoms with E-state index in [1.165, 1.54) is 12.0 Å². The second-order valence-electron chi connectivity index (χ2n) is 8.60. The number of hydrogen-bond donors (Lipinski definition) is 2. The summed E-state index contributed by atoms with van der Waals surface area (Å²) in [5, 5.41) is 6.55. The van der Waals surface area contributed by atoms with Crippen LogP contribution in [-0.2, 0) is 11.2 Å². The molecule has 2 atom stereocenters. The van der Waals surface area contributed by atoms with E-state index in [0.29, 0.717) is 18.0 Å². The lowest BCUT2D eigenvalue weighted by atomic mass is 9.67. The number of carbonyl (C=O) groups excluding carboxylic acids is 2. The smallest absolute Gasteiger partial charge is 0.258 e. The van der Waals surface area contributed by atoms with Crippen molar-refractivity contribution in [2.45, 2.75) is 32.1 Å². The van der Waals surface area contributed by atoms with Crippen LogP contribution in [0.4, 0.5) is 11.4 Å². The molecule has 5 nitrogen and oxygen atoms in total. The van der Waals surface area contributed by atoms with Gasteiger partial charge in [0, 0.05) is 30.0 Å². The summed E-state index contributed by atoms with van der Waals surface area (Å²) in [5.74, 6) is 0.575. The van der Waals surface area contributed by atoms with E-state index < -0.39 is 0 Å². The quantitative estimate of drug-likeness (QED) is 0.843. The van der Waals surface area contributed by atoms with Crippen molar-refractivity contribution in [1.29, 1.82) is 0 Å². The molecule has 0 spiro atoms. The van der Waals surface area contributed by atoms with E-state index in [9.17, 15) is 9.59 Å². The first kappa shape index (κ1) is 18.4. The number of benzene rings is 2. The molecule has 2 aliphatic heterocycles. The van der Waals surface area contributed by atoms with Gasteiger partial charge < -0.3 is 15.5 Å². The van der Waals surface area contributed by atoms with Gasteiger partial charge in [-0.3, -0.25) is 9.59 Å². The first-order chi connectivity index (χ1) is 14.2. The summed E-state index contributed by atoms with van der Waals surface area (Å²) < 4.78 is 0. The number of carbonyl (C=O) groups is 2. The molecule has 1 saturated carbocycles. The fraction of sp³-hybridized carbons (Fsp3) is 0.417. The summed E-state index contributed by atoms with van der Waals surface area (Å²) in [4.78, 5) is 27.9. The summed E-state index contributed by atoms with van der Waals surface area (Å²) in [6.45, 7) is 2.43. The van der Waals surface area contributed by atoms with Gasteiger partial charge in [-0.05, 0) is 67.6 Å². The summed E-state index contributed by atoms with van der Waals surface area (Å²) in [6, 6.07) is 15.4. The molecule has 2 N–H and O–H groups in total. The lowest BCUT2D eigenvalue weighted by Gasteiger charge is -2.37. The largest absolute Gasteiger partial charge is 0.326 e. The SMILES string of the molecule is O=C(c1ccc(NC(=O)[C@@]23CCCC[C@H]2CNC3)cc1)N1CCc2ccccc21. The summed E-state index contributed by atoms with van der Waals surface area (Å²) in [5.41, 5.74) is 3.36. The van der Waals surface area contributed by atoms with E-state index in [4.69, 9.17) is 0 Å². The second-order valence-corrected chi connectivity index (χ2v) is 8.60. The van der Waals surface area contributed by atoms with Crippen LogP contribution < -0.4 is 15.5 Å². The van der Waals surface area contributed by atoms with Gasteiger partial charge in [0.25, 0.3) is 5.91 Å². The van der Waals surface area contributed by atoms with Crippen LogP contribution in [0, 0.1) is 11.3 Å². The minimum Gasteiger partial charge on any atom is -0.326 e. The number of anilines is 2. The number of nitrogens with zero attached hydrogens (tertiary/aromatic N) is 1. The normalized spacial score (nSPS) is 25.4. The van der Waals surface area contributed by atoms with Crippen LogP contribution >= 0.6 is 0 Å². The average Bonchev–Trinajstić information content (AvgIpc) is 3.39. The van der Waals surface area contributed by atoms with Gasteiger partial charge in [0.1, 0.15) is 0 Å². The lowest BCUT2D eigenvalue weighted by molar-refractivity contribution is -0.128. The lowest BCUT2D eigenvalue weighted by Crippen LogP contribution is -2.44. The maximum Gasteiger partial charge on any atom is 0.258 e. The van der Waals surface area contributed by atoms with Gasteiger partial charge in [0.05, 0.1) is 5.41 Å². The molecule has 0 unspecified atom stereocenters. The Labute approximate surface area is 171 Å². The molecule has 1 aliphatic carbocycles. The molecule has 0 bridgehead atoms. The number of fused-ring (bicyclic) bond motifs is 2. The third-order valence-corrected chi connectivity index (χ3v) is 7.01. The molecule has 2 fully saturated rings. The van der Waals surface area contributed by atoms with Crippen molar-refractivity contribution in [3.8, 4) is 0 Å². The molecule has 0 radical (unpaired) electrons. The highest BCUT2D eigenvalue weighted by atomic mass is 16.2. The average molecular weight is 389 g/mol. The van der Waals surface area contributed by atoms with Crippen LogP contribution in [0.1, 0.15) is 41.6 Å². The van der Waals surface area contributed by atoms with Gasteiger partial charge in [-0.2, -0.15) is 0 Å². The van der Waals surface area contributed by atoms with Gasteiger partial charge in [0.15, 0.2) is 0 Å². The minimum atomic E-state index is -0.272. The monoisotopic (exact) mass is 389 g/mol. The third kappa shape index (κ3) is 3.14. The van der Waals surface area contributed by atoms with Crippen molar-refractivity contribution in [2.24, 2.45) is 11.3 Å². The number of para-hydroxylation sites is 1. The maximum atomic E-state index is 13.1. The Morgan fingerprint density at radius 2 is 1.90 bits per heavy atom. The fourth-order valence-corrected chi connectivity index (χ4v) is 5.35.